The Labute approximate surface area is 156 Å². The molecule has 0 aliphatic carbocycles. The van der Waals surface area contributed by atoms with Crippen LogP contribution in [0.5, 0.6) is 5.75 Å². The molecule has 0 spiro atoms. The topological polar surface area (TPSA) is 50.8 Å². The fourth-order valence-corrected chi connectivity index (χ4v) is 3.68. The average molecular weight is 381 g/mol. The van der Waals surface area contributed by atoms with Gasteiger partial charge in [0.2, 0.25) is 0 Å². The molecule has 1 aliphatic rings. The van der Waals surface area contributed by atoms with Gasteiger partial charge in [0, 0.05) is 19.6 Å². The van der Waals surface area contributed by atoms with Crippen LogP contribution in [0.1, 0.15) is 11.6 Å². The zero-order chi connectivity index (χ0) is 17.5. The van der Waals surface area contributed by atoms with Gasteiger partial charge in [-0.15, -0.1) is 0 Å². The summed E-state index contributed by atoms with van der Waals surface area (Å²) in [7, 11) is 0. The molecule has 1 aromatic heterocycles. The van der Waals surface area contributed by atoms with E-state index < -0.39 is 0 Å². The molecule has 1 amide bonds. The van der Waals surface area contributed by atoms with Gasteiger partial charge in [0.05, 0.1) is 24.3 Å². The lowest BCUT2D eigenvalue weighted by atomic mass is 10.1. The fraction of sp³-hybridized carbons (Fsp3) is 0.389. The van der Waals surface area contributed by atoms with Crippen LogP contribution in [0.25, 0.3) is 0 Å². The van der Waals surface area contributed by atoms with Crippen molar-refractivity contribution in [2.45, 2.75) is 6.04 Å². The number of halogens is 1. The van der Waals surface area contributed by atoms with Gasteiger partial charge in [-0.25, -0.2) is 0 Å². The molecule has 1 saturated heterocycles. The summed E-state index contributed by atoms with van der Waals surface area (Å²) >= 11 is 7.70. The molecule has 0 saturated carbocycles. The first-order valence-corrected chi connectivity index (χ1v) is 9.54. The summed E-state index contributed by atoms with van der Waals surface area (Å²) in [5, 5.41) is 7.67. The van der Waals surface area contributed by atoms with Gasteiger partial charge in [-0.1, -0.05) is 23.7 Å². The lowest BCUT2D eigenvalue weighted by molar-refractivity contribution is -0.123. The number of nitrogens with one attached hydrogen (secondary N) is 1. The van der Waals surface area contributed by atoms with Crippen molar-refractivity contribution in [3.63, 3.8) is 0 Å². The molecule has 25 heavy (non-hydrogen) atoms. The molecular weight excluding hydrogens is 360 g/mol. The molecule has 1 aliphatic heterocycles. The normalized spacial score (nSPS) is 16.4. The predicted molar refractivity (Wildman–Crippen MR) is 99.4 cm³/mol. The molecule has 1 unspecified atom stereocenters. The van der Waals surface area contributed by atoms with Gasteiger partial charge in [-0.05, 0) is 34.5 Å². The van der Waals surface area contributed by atoms with E-state index in [4.69, 9.17) is 21.1 Å². The Morgan fingerprint density at radius 2 is 2.12 bits per heavy atom. The number of rotatable bonds is 7. The van der Waals surface area contributed by atoms with Gasteiger partial charge in [-0.2, -0.15) is 11.3 Å². The highest BCUT2D eigenvalue weighted by molar-refractivity contribution is 7.07. The molecule has 0 radical (unpaired) electrons. The van der Waals surface area contributed by atoms with Gasteiger partial charge in [0.1, 0.15) is 5.75 Å². The number of nitrogens with zero attached hydrogens (tertiary/aromatic N) is 1. The van der Waals surface area contributed by atoms with E-state index in [1.807, 2.05) is 12.1 Å². The summed E-state index contributed by atoms with van der Waals surface area (Å²) in [6, 6.07) is 9.39. The third-order valence-corrected chi connectivity index (χ3v) is 5.12. The van der Waals surface area contributed by atoms with Crippen LogP contribution >= 0.6 is 22.9 Å². The molecule has 0 bridgehead atoms. The minimum Gasteiger partial charge on any atom is -0.482 e. The minimum atomic E-state index is -0.159. The third kappa shape index (κ3) is 5.19. The lowest BCUT2D eigenvalue weighted by Gasteiger charge is -2.34. The second kappa shape index (κ2) is 9.20. The fourth-order valence-electron chi connectivity index (χ4n) is 2.78. The molecule has 1 aromatic carbocycles. The second-order valence-electron chi connectivity index (χ2n) is 5.74. The molecule has 134 valence electrons. The minimum absolute atomic E-state index is 0.0524. The quantitative estimate of drug-likeness (QED) is 0.802. The van der Waals surface area contributed by atoms with E-state index in [1.54, 1.807) is 23.5 Å². The number of hydrogen-bond donors (Lipinski definition) is 1. The number of carbonyl (C=O) groups excluding carboxylic acids is 1. The molecule has 1 fully saturated rings. The molecular formula is C18H21ClN2O3S. The monoisotopic (exact) mass is 380 g/mol. The Kier molecular flexibility index (Phi) is 6.69. The van der Waals surface area contributed by atoms with Crippen molar-refractivity contribution < 1.29 is 14.3 Å². The van der Waals surface area contributed by atoms with Crippen molar-refractivity contribution in [3.05, 3.63) is 51.7 Å². The van der Waals surface area contributed by atoms with Crippen molar-refractivity contribution in [3.8, 4) is 5.75 Å². The highest BCUT2D eigenvalue weighted by Crippen LogP contribution is 2.24. The van der Waals surface area contributed by atoms with Gasteiger partial charge < -0.3 is 14.8 Å². The smallest absolute Gasteiger partial charge is 0.258 e. The van der Waals surface area contributed by atoms with Crippen LogP contribution in [0.3, 0.4) is 0 Å². The molecule has 1 atom stereocenters. The number of thiophene rings is 1. The number of hydrogen-bond acceptors (Lipinski definition) is 5. The van der Waals surface area contributed by atoms with Crippen molar-refractivity contribution >= 4 is 28.8 Å². The zero-order valence-electron chi connectivity index (χ0n) is 13.8. The summed E-state index contributed by atoms with van der Waals surface area (Å²) in [6.45, 7) is 3.68. The number of morpholine rings is 1. The highest BCUT2D eigenvalue weighted by Gasteiger charge is 2.23. The molecule has 2 heterocycles. The van der Waals surface area contributed by atoms with E-state index >= 15 is 0 Å². The second-order valence-corrected chi connectivity index (χ2v) is 6.93. The van der Waals surface area contributed by atoms with E-state index in [1.165, 1.54) is 5.56 Å². The van der Waals surface area contributed by atoms with Gasteiger partial charge >= 0.3 is 0 Å². The van der Waals surface area contributed by atoms with E-state index in [0.29, 0.717) is 17.3 Å². The summed E-state index contributed by atoms with van der Waals surface area (Å²) in [6.07, 6.45) is 0. The SMILES string of the molecule is O=C(COc1ccccc1Cl)NCC(c1ccsc1)N1CCOCC1. The maximum Gasteiger partial charge on any atom is 0.258 e. The van der Waals surface area contributed by atoms with Gasteiger partial charge in [0.15, 0.2) is 6.61 Å². The number of amides is 1. The van der Waals surface area contributed by atoms with Crippen molar-refractivity contribution in [2.24, 2.45) is 0 Å². The van der Waals surface area contributed by atoms with Crippen LogP contribution in [0, 0.1) is 0 Å². The Morgan fingerprint density at radius 1 is 1.32 bits per heavy atom. The summed E-state index contributed by atoms with van der Waals surface area (Å²) in [5.74, 6) is 0.357. The zero-order valence-corrected chi connectivity index (χ0v) is 15.4. The van der Waals surface area contributed by atoms with E-state index in [9.17, 15) is 4.79 Å². The van der Waals surface area contributed by atoms with Crippen molar-refractivity contribution in [1.29, 1.82) is 0 Å². The Morgan fingerprint density at radius 3 is 2.84 bits per heavy atom. The average Bonchev–Trinajstić information content (AvgIpc) is 3.16. The Bertz CT molecular complexity index is 675. The number of ether oxygens (including phenoxy) is 2. The molecule has 2 aromatic rings. The van der Waals surface area contributed by atoms with Crippen molar-refractivity contribution in [1.82, 2.24) is 10.2 Å². The van der Waals surface area contributed by atoms with E-state index in [-0.39, 0.29) is 18.6 Å². The number of benzene rings is 1. The first-order chi connectivity index (χ1) is 12.2. The summed E-state index contributed by atoms with van der Waals surface area (Å²) in [5.41, 5.74) is 1.22. The Balaban J connectivity index is 1.53. The molecule has 7 heteroatoms. The number of carbonyl (C=O) groups is 1. The summed E-state index contributed by atoms with van der Waals surface area (Å²) in [4.78, 5) is 14.5. The van der Waals surface area contributed by atoms with Gasteiger partial charge in [0.25, 0.3) is 5.91 Å². The third-order valence-electron chi connectivity index (χ3n) is 4.10. The largest absolute Gasteiger partial charge is 0.482 e. The van der Waals surface area contributed by atoms with E-state index in [0.717, 1.165) is 26.3 Å². The van der Waals surface area contributed by atoms with Crippen LogP contribution in [-0.4, -0.2) is 50.3 Å². The highest BCUT2D eigenvalue weighted by atomic mass is 35.5. The molecule has 1 N–H and O–H groups in total. The maximum atomic E-state index is 12.2. The number of para-hydroxylation sites is 1. The molecule has 5 nitrogen and oxygen atoms in total. The van der Waals surface area contributed by atoms with E-state index in [2.05, 4.69) is 27.0 Å². The Hall–Kier alpha value is -1.60. The molecule has 3 rings (SSSR count). The standard InChI is InChI=1S/C18H21ClN2O3S/c19-15-3-1-2-4-17(15)24-12-18(22)20-11-16(14-5-10-25-13-14)21-6-8-23-9-7-21/h1-5,10,13,16H,6-9,11-12H2,(H,20,22). The van der Waals surface area contributed by atoms with Crippen LogP contribution in [0.2, 0.25) is 5.02 Å². The van der Waals surface area contributed by atoms with Crippen LogP contribution in [-0.2, 0) is 9.53 Å². The van der Waals surface area contributed by atoms with Crippen LogP contribution in [0.15, 0.2) is 41.1 Å². The predicted octanol–water partition coefficient (Wildman–Crippen LogP) is 2.97. The maximum absolute atomic E-state index is 12.2. The summed E-state index contributed by atoms with van der Waals surface area (Å²) < 4.78 is 10.9. The van der Waals surface area contributed by atoms with Gasteiger partial charge in [-0.3, -0.25) is 9.69 Å². The van der Waals surface area contributed by atoms with Crippen LogP contribution < -0.4 is 10.1 Å². The lowest BCUT2D eigenvalue weighted by Crippen LogP contribution is -2.44. The first-order valence-electron chi connectivity index (χ1n) is 8.22. The first kappa shape index (κ1) is 18.2. The van der Waals surface area contributed by atoms with Crippen molar-refractivity contribution in [2.75, 3.05) is 39.5 Å². The van der Waals surface area contributed by atoms with Crippen LogP contribution in [0.4, 0.5) is 0 Å².